The fourth-order valence-electron chi connectivity index (χ4n) is 3.56. The molecule has 1 aliphatic heterocycles. The van der Waals surface area contributed by atoms with Crippen LogP contribution in [-0.4, -0.2) is 23.3 Å². The third-order valence-corrected chi connectivity index (χ3v) is 5.97. The number of carbonyl (C=O) groups is 2. The van der Waals surface area contributed by atoms with E-state index in [4.69, 9.17) is 0 Å². The SMILES string of the molecule is CCCCN1C(=O)c2cccc3c(NC(=O)/C=C/c4ccc([N+](=O)[O-])s4)ccc1c23. The van der Waals surface area contributed by atoms with E-state index in [-0.39, 0.29) is 16.8 Å². The average molecular weight is 421 g/mol. The molecule has 152 valence electrons. The highest BCUT2D eigenvalue weighted by molar-refractivity contribution is 7.16. The monoisotopic (exact) mass is 421 g/mol. The highest BCUT2D eigenvalue weighted by Crippen LogP contribution is 2.40. The smallest absolute Gasteiger partial charge is 0.322 e. The Morgan fingerprint density at radius 1 is 1.23 bits per heavy atom. The highest BCUT2D eigenvalue weighted by atomic mass is 32.1. The molecule has 1 N–H and O–H groups in total. The van der Waals surface area contributed by atoms with Crippen molar-refractivity contribution in [2.24, 2.45) is 0 Å². The van der Waals surface area contributed by atoms with Crippen LogP contribution in [0.3, 0.4) is 0 Å². The van der Waals surface area contributed by atoms with Gasteiger partial charge in [-0.1, -0.05) is 36.8 Å². The van der Waals surface area contributed by atoms with Crippen molar-refractivity contribution < 1.29 is 14.5 Å². The molecule has 0 fully saturated rings. The minimum Gasteiger partial charge on any atom is -0.322 e. The lowest BCUT2D eigenvalue weighted by atomic mass is 10.0. The van der Waals surface area contributed by atoms with Crippen LogP contribution in [-0.2, 0) is 4.79 Å². The maximum absolute atomic E-state index is 12.8. The van der Waals surface area contributed by atoms with Gasteiger partial charge in [-0.25, -0.2) is 0 Å². The molecule has 2 heterocycles. The average Bonchev–Trinajstić information content (AvgIpc) is 3.32. The summed E-state index contributed by atoms with van der Waals surface area (Å²) in [5, 5.41) is 15.3. The van der Waals surface area contributed by atoms with Crippen LogP contribution in [0.4, 0.5) is 16.4 Å². The molecule has 0 unspecified atom stereocenters. The first-order valence-corrected chi connectivity index (χ1v) is 10.4. The summed E-state index contributed by atoms with van der Waals surface area (Å²) in [6.45, 7) is 2.75. The van der Waals surface area contributed by atoms with E-state index in [2.05, 4.69) is 12.2 Å². The van der Waals surface area contributed by atoms with Crippen molar-refractivity contribution in [3.05, 3.63) is 69.1 Å². The molecule has 7 nitrogen and oxygen atoms in total. The number of nitrogens with zero attached hydrogens (tertiary/aromatic N) is 2. The molecule has 4 rings (SSSR count). The van der Waals surface area contributed by atoms with Gasteiger partial charge in [0.1, 0.15) is 0 Å². The van der Waals surface area contributed by atoms with E-state index in [0.717, 1.165) is 40.6 Å². The number of hydrogen-bond acceptors (Lipinski definition) is 5. The zero-order valence-corrected chi connectivity index (χ0v) is 17.1. The van der Waals surface area contributed by atoms with Gasteiger partial charge in [-0.3, -0.25) is 19.7 Å². The Bertz CT molecular complexity index is 1200. The number of nitro groups is 1. The molecule has 0 saturated carbocycles. The number of unbranched alkanes of at least 4 members (excludes halogenated alkanes) is 1. The first-order chi connectivity index (χ1) is 14.5. The van der Waals surface area contributed by atoms with Gasteiger partial charge in [0.25, 0.3) is 5.91 Å². The fourth-order valence-corrected chi connectivity index (χ4v) is 4.28. The minimum atomic E-state index is -0.458. The number of anilines is 2. The number of rotatable bonds is 7. The van der Waals surface area contributed by atoms with Crippen molar-refractivity contribution in [2.45, 2.75) is 19.8 Å². The second kappa shape index (κ2) is 8.08. The lowest BCUT2D eigenvalue weighted by molar-refractivity contribution is -0.380. The molecule has 30 heavy (non-hydrogen) atoms. The summed E-state index contributed by atoms with van der Waals surface area (Å²) >= 11 is 1.00. The predicted molar refractivity (Wildman–Crippen MR) is 119 cm³/mol. The van der Waals surface area contributed by atoms with E-state index in [1.165, 1.54) is 12.1 Å². The van der Waals surface area contributed by atoms with Crippen LogP contribution < -0.4 is 10.2 Å². The standard InChI is InChI=1S/C22H19N3O4S/c1-2-3-13-24-18-10-9-17(15-5-4-6-16(21(15)18)22(24)27)23-19(26)11-7-14-8-12-20(30-14)25(28)29/h4-12H,2-3,13H2,1H3,(H,23,26)/b11-7+. The Morgan fingerprint density at radius 3 is 2.80 bits per heavy atom. The first-order valence-electron chi connectivity index (χ1n) is 9.60. The summed E-state index contributed by atoms with van der Waals surface area (Å²) in [6, 6.07) is 12.2. The molecule has 0 atom stereocenters. The summed E-state index contributed by atoms with van der Waals surface area (Å²) in [5.41, 5.74) is 2.14. The number of nitrogens with one attached hydrogen (secondary N) is 1. The summed E-state index contributed by atoms with van der Waals surface area (Å²) in [4.78, 5) is 38.0. The van der Waals surface area contributed by atoms with Gasteiger partial charge >= 0.3 is 5.00 Å². The molecule has 2 aromatic carbocycles. The maximum atomic E-state index is 12.8. The van der Waals surface area contributed by atoms with Crippen LogP contribution >= 0.6 is 11.3 Å². The Labute approximate surface area is 176 Å². The van der Waals surface area contributed by atoms with Gasteiger partial charge in [0.05, 0.1) is 10.6 Å². The van der Waals surface area contributed by atoms with Gasteiger partial charge in [-0.05, 0) is 36.8 Å². The Morgan fingerprint density at radius 2 is 2.07 bits per heavy atom. The van der Waals surface area contributed by atoms with Crippen molar-refractivity contribution in [1.82, 2.24) is 0 Å². The van der Waals surface area contributed by atoms with Crippen LogP contribution in [0.1, 0.15) is 35.0 Å². The van der Waals surface area contributed by atoms with Crippen LogP contribution in [0.25, 0.3) is 16.8 Å². The number of hydrogen-bond donors (Lipinski definition) is 1. The van der Waals surface area contributed by atoms with Crippen molar-refractivity contribution in [3.8, 4) is 0 Å². The Hall–Kier alpha value is -3.52. The van der Waals surface area contributed by atoms with Crippen LogP contribution in [0.15, 0.2) is 48.5 Å². The van der Waals surface area contributed by atoms with Gasteiger partial charge in [0.15, 0.2) is 0 Å². The maximum Gasteiger partial charge on any atom is 0.324 e. The van der Waals surface area contributed by atoms with Crippen LogP contribution in [0.5, 0.6) is 0 Å². The first kappa shape index (κ1) is 19.8. The quantitative estimate of drug-likeness (QED) is 0.321. The van der Waals surface area contributed by atoms with E-state index in [0.29, 0.717) is 22.7 Å². The van der Waals surface area contributed by atoms with Gasteiger partial charge in [0, 0.05) is 45.6 Å². The predicted octanol–water partition coefficient (Wildman–Crippen LogP) is 5.22. The van der Waals surface area contributed by atoms with Gasteiger partial charge in [0.2, 0.25) is 5.91 Å². The molecule has 1 aliphatic rings. The lowest BCUT2D eigenvalue weighted by Crippen LogP contribution is -2.27. The van der Waals surface area contributed by atoms with Gasteiger partial charge in [-0.15, -0.1) is 0 Å². The minimum absolute atomic E-state index is 0.00767. The molecule has 0 saturated heterocycles. The Kier molecular flexibility index (Phi) is 5.33. The van der Waals surface area contributed by atoms with E-state index in [1.807, 2.05) is 24.3 Å². The molecule has 0 aliphatic carbocycles. The number of benzene rings is 2. The molecule has 0 spiro atoms. The van der Waals surface area contributed by atoms with E-state index < -0.39 is 4.92 Å². The van der Waals surface area contributed by atoms with Crippen molar-refractivity contribution in [1.29, 1.82) is 0 Å². The van der Waals surface area contributed by atoms with Crippen LogP contribution in [0, 0.1) is 10.1 Å². The van der Waals surface area contributed by atoms with Crippen LogP contribution in [0.2, 0.25) is 0 Å². The third kappa shape index (κ3) is 3.57. The molecule has 1 aromatic heterocycles. The van der Waals surface area contributed by atoms with Crippen molar-refractivity contribution >= 4 is 56.4 Å². The summed E-state index contributed by atoms with van der Waals surface area (Å²) in [5.74, 6) is -0.356. The summed E-state index contributed by atoms with van der Waals surface area (Å²) < 4.78 is 0. The summed E-state index contributed by atoms with van der Waals surface area (Å²) in [7, 11) is 0. The fraction of sp³-hybridized carbons (Fsp3) is 0.182. The van der Waals surface area contributed by atoms with Crippen molar-refractivity contribution in [2.75, 3.05) is 16.8 Å². The summed E-state index contributed by atoms with van der Waals surface area (Å²) in [6.07, 6.45) is 4.81. The molecule has 8 heteroatoms. The number of carbonyl (C=O) groups excluding carboxylic acids is 2. The van der Waals surface area contributed by atoms with Gasteiger partial charge < -0.3 is 10.2 Å². The number of amides is 2. The number of thiophene rings is 1. The molecular weight excluding hydrogens is 402 g/mol. The highest BCUT2D eigenvalue weighted by Gasteiger charge is 2.30. The zero-order chi connectivity index (χ0) is 21.3. The molecule has 3 aromatic rings. The zero-order valence-electron chi connectivity index (χ0n) is 16.3. The largest absolute Gasteiger partial charge is 0.324 e. The normalized spacial score (nSPS) is 12.8. The lowest BCUT2D eigenvalue weighted by Gasteiger charge is -2.17. The molecule has 0 radical (unpaired) electrons. The topological polar surface area (TPSA) is 92.6 Å². The van der Waals surface area contributed by atoms with E-state index >= 15 is 0 Å². The second-order valence-corrected chi connectivity index (χ2v) is 8.02. The molecule has 0 bridgehead atoms. The molecular formula is C22H19N3O4S. The second-order valence-electron chi connectivity index (χ2n) is 6.93. The van der Waals surface area contributed by atoms with Crippen molar-refractivity contribution in [3.63, 3.8) is 0 Å². The Balaban J connectivity index is 1.59. The van der Waals surface area contributed by atoms with E-state index in [1.54, 1.807) is 23.1 Å². The molecule has 2 amide bonds. The van der Waals surface area contributed by atoms with E-state index in [9.17, 15) is 19.7 Å². The van der Waals surface area contributed by atoms with Gasteiger partial charge in [-0.2, -0.15) is 0 Å². The third-order valence-electron chi connectivity index (χ3n) is 4.97.